The molecule has 0 fully saturated rings. The molecule has 0 aliphatic carbocycles. The fourth-order valence-corrected chi connectivity index (χ4v) is 1.78. The van der Waals surface area contributed by atoms with Crippen LogP contribution in [0.5, 0.6) is 0 Å². The maximum atomic E-state index is 11.7. The number of rotatable bonds is 2. The summed E-state index contributed by atoms with van der Waals surface area (Å²) in [6.07, 6.45) is 0.927. The average Bonchev–Trinajstić information content (AvgIpc) is 2.69. The van der Waals surface area contributed by atoms with Crippen LogP contribution in [0.4, 0.5) is 10.5 Å². The number of ether oxygens (including phenoxy) is 1. The van der Waals surface area contributed by atoms with Gasteiger partial charge >= 0.3 is 6.03 Å². The smallest absolute Gasteiger partial charge is 0.323 e. The third-order valence-corrected chi connectivity index (χ3v) is 2.50. The zero-order valence-electron chi connectivity index (χ0n) is 8.69. The van der Waals surface area contributed by atoms with Crippen molar-refractivity contribution < 1.29 is 9.53 Å². The normalized spacial score (nSPS) is 13.8. The largest absolute Gasteiger partial charge is 0.364 e. The number of nitrogens with one attached hydrogen (secondary N) is 1. The predicted molar refractivity (Wildman–Crippen MR) is 57.9 cm³/mol. The summed E-state index contributed by atoms with van der Waals surface area (Å²) < 4.78 is 4.80. The van der Waals surface area contributed by atoms with Gasteiger partial charge in [0, 0.05) is 19.3 Å². The number of carbonyl (C=O) groups excluding carboxylic acids is 1. The third kappa shape index (κ3) is 1.94. The number of para-hydroxylation sites is 1. The van der Waals surface area contributed by atoms with Crippen LogP contribution in [0.1, 0.15) is 5.56 Å². The molecule has 0 atom stereocenters. The highest BCUT2D eigenvalue weighted by molar-refractivity contribution is 5.94. The first-order chi connectivity index (χ1) is 7.33. The quantitative estimate of drug-likeness (QED) is 0.742. The van der Waals surface area contributed by atoms with Gasteiger partial charge in [-0.1, -0.05) is 18.2 Å². The van der Waals surface area contributed by atoms with Crippen molar-refractivity contribution in [3.8, 4) is 0 Å². The van der Waals surface area contributed by atoms with Gasteiger partial charge in [0.25, 0.3) is 0 Å². The minimum atomic E-state index is -0.0956. The highest BCUT2D eigenvalue weighted by Crippen LogP contribution is 2.26. The number of fused-ring (bicyclic) bond motifs is 1. The van der Waals surface area contributed by atoms with Gasteiger partial charge in [-0.25, -0.2) is 4.79 Å². The number of methoxy groups -OCH3 is 1. The van der Waals surface area contributed by atoms with E-state index in [1.165, 1.54) is 5.56 Å². The Morgan fingerprint density at radius 1 is 1.53 bits per heavy atom. The SMILES string of the molecule is COCNC(=O)N1CCc2ccccc21. The van der Waals surface area contributed by atoms with E-state index >= 15 is 0 Å². The molecular formula is C11H14N2O2. The molecule has 0 bridgehead atoms. The minimum Gasteiger partial charge on any atom is -0.364 e. The maximum Gasteiger partial charge on any atom is 0.323 e. The number of hydrogen-bond donors (Lipinski definition) is 1. The van der Waals surface area contributed by atoms with Crippen molar-refractivity contribution in [2.24, 2.45) is 0 Å². The number of benzene rings is 1. The van der Waals surface area contributed by atoms with Gasteiger partial charge in [-0.3, -0.25) is 4.90 Å². The molecule has 1 heterocycles. The molecule has 80 valence electrons. The lowest BCUT2D eigenvalue weighted by Gasteiger charge is -2.17. The minimum absolute atomic E-state index is 0.0956. The van der Waals surface area contributed by atoms with Crippen molar-refractivity contribution in [1.29, 1.82) is 0 Å². The lowest BCUT2D eigenvalue weighted by Crippen LogP contribution is -2.39. The van der Waals surface area contributed by atoms with Crippen LogP contribution in [0.2, 0.25) is 0 Å². The summed E-state index contributed by atoms with van der Waals surface area (Å²) in [5, 5.41) is 2.68. The number of anilines is 1. The third-order valence-electron chi connectivity index (χ3n) is 2.50. The molecule has 1 aromatic carbocycles. The predicted octanol–water partition coefficient (Wildman–Crippen LogP) is 1.36. The molecule has 4 nitrogen and oxygen atoms in total. The molecule has 0 spiro atoms. The highest BCUT2D eigenvalue weighted by atomic mass is 16.5. The fraction of sp³-hybridized carbons (Fsp3) is 0.364. The average molecular weight is 206 g/mol. The number of hydrogen-bond acceptors (Lipinski definition) is 2. The van der Waals surface area contributed by atoms with Crippen molar-refractivity contribution in [3.63, 3.8) is 0 Å². The topological polar surface area (TPSA) is 41.6 Å². The Labute approximate surface area is 88.8 Å². The monoisotopic (exact) mass is 206 g/mol. The van der Waals surface area contributed by atoms with E-state index in [9.17, 15) is 4.79 Å². The van der Waals surface area contributed by atoms with Gasteiger partial charge in [-0.15, -0.1) is 0 Å². The van der Waals surface area contributed by atoms with Crippen LogP contribution in [0.3, 0.4) is 0 Å². The second-order valence-corrected chi connectivity index (χ2v) is 3.45. The molecule has 1 aliphatic rings. The van der Waals surface area contributed by atoms with E-state index in [1.54, 1.807) is 12.0 Å². The standard InChI is InChI=1S/C11H14N2O2/c1-15-8-12-11(14)13-7-6-9-4-2-3-5-10(9)13/h2-5H,6-8H2,1H3,(H,12,14). The van der Waals surface area contributed by atoms with Gasteiger partial charge in [-0.2, -0.15) is 0 Å². The Hall–Kier alpha value is -1.55. The lowest BCUT2D eigenvalue weighted by molar-refractivity contribution is 0.175. The van der Waals surface area contributed by atoms with Crippen LogP contribution in [-0.2, 0) is 11.2 Å². The molecule has 1 aromatic rings. The Bertz CT molecular complexity index is 365. The van der Waals surface area contributed by atoms with Crippen LogP contribution in [0.15, 0.2) is 24.3 Å². The van der Waals surface area contributed by atoms with Crippen molar-refractivity contribution in [2.45, 2.75) is 6.42 Å². The second kappa shape index (κ2) is 4.31. The van der Waals surface area contributed by atoms with Gasteiger partial charge < -0.3 is 10.1 Å². The van der Waals surface area contributed by atoms with Gasteiger partial charge in [0.05, 0.1) is 0 Å². The van der Waals surface area contributed by atoms with Crippen LogP contribution < -0.4 is 10.2 Å². The molecule has 0 unspecified atom stereocenters. The van der Waals surface area contributed by atoms with Crippen molar-refractivity contribution >= 4 is 11.7 Å². The van der Waals surface area contributed by atoms with E-state index in [2.05, 4.69) is 11.4 Å². The molecule has 0 saturated heterocycles. The number of nitrogens with zero attached hydrogens (tertiary/aromatic N) is 1. The number of urea groups is 1. The second-order valence-electron chi connectivity index (χ2n) is 3.45. The van der Waals surface area contributed by atoms with E-state index in [4.69, 9.17) is 4.74 Å². The summed E-state index contributed by atoms with van der Waals surface area (Å²) in [6, 6.07) is 7.87. The first-order valence-electron chi connectivity index (χ1n) is 4.95. The molecule has 15 heavy (non-hydrogen) atoms. The molecule has 0 aromatic heterocycles. The zero-order chi connectivity index (χ0) is 10.7. The van der Waals surface area contributed by atoms with E-state index in [0.717, 1.165) is 18.7 Å². The molecule has 2 amide bonds. The van der Waals surface area contributed by atoms with Crippen LogP contribution in [0.25, 0.3) is 0 Å². The number of carbonyl (C=O) groups is 1. The van der Waals surface area contributed by atoms with Gasteiger partial charge in [0.15, 0.2) is 0 Å². The van der Waals surface area contributed by atoms with Crippen molar-refractivity contribution in [3.05, 3.63) is 29.8 Å². The molecule has 4 heteroatoms. The molecule has 2 rings (SSSR count). The van der Waals surface area contributed by atoms with E-state index in [0.29, 0.717) is 0 Å². The summed E-state index contributed by atoms with van der Waals surface area (Å²) >= 11 is 0. The first-order valence-corrected chi connectivity index (χ1v) is 4.95. The summed E-state index contributed by atoms with van der Waals surface area (Å²) in [5.74, 6) is 0. The molecule has 0 saturated carbocycles. The Morgan fingerprint density at radius 2 is 2.33 bits per heavy atom. The van der Waals surface area contributed by atoms with Crippen molar-refractivity contribution in [1.82, 2.24) is 5.32 Å². The van der Waals surface area contributed by atoms with Crippen LogP contribution in [0, 0.1) is 0 Å². The lowest BCUT2D eigenvalue weighted by atomic mass is 10.2. The first kappa shape index (κ1) is 9.98. The van der Waals surface area contributed by atoms with Gasteiger partial charge in [0.1, 0.15) is 6.73 Å². The van der Waals surface area contributed by atoms with Crippen molar-refractivity contribution in [2.75, 3.05) is 25.3 Å². The Morgan fingerprint density at radius 3 is 3.13 bits per heavy atom. The Balaban J connectivity index is 2.10. The summed E-state index contributed by atoms with van der Waals surface area (Å²) in [7, 11) is 1.55. The molecule has 0 radical (unpaired) electrons. The summed E-state index contributed by atoms with van der Waals surface area (Å²) in [6.45, 7) is 0.992. The fourth-order valence-electron chi connectivity index (χ4n) is 1.78. The molecule has 1 aliphatic heterocycles. The summed E-state index contributed by atoms with van der Waals surface area (Å²) in [5.41, 5.74) is 2.23. The maximum absolute atomic E-state index is 11.7. The number of amides is 2. The molecular weight excluding hydrogens is 192 g/mol. The van der Waals surface area contributed by atoms with E-state index in [-0.39, 0.29) is 12.8 Å². The highest BCUT2D eigenvalue weighted by Gasteiger charge is 2.23. The Kier molecular flexibility index (Phi) is 2.87. The van der Waals surface area contributed by atoms with E-state index in [1.807, 2.05) is 18.2 Å². The van der Waals surface area contributed by atoms with E-state index < -0.39 is 0 Å². The van der Waals surface area contributed by atoms with Gasteiger partial charge in [0.2, 0.25) is 0 Å². The summed E-state index contributed by atoms with van der Waals surface area (Å²) in [4.78, 5) is 13.4. The molecule has 1 N–H and O–H groups in total. The van der Waals surface area contributed by atoms with Crippen LogP contribution in [-0.4, -0.2) is 26.4 Å². The van der Waals surface area contributed by atoms with Crippen LogP contribution >= 0.6 is 0 Å². The van der Waals surface area contributed by atoms with Gasteiger partial charge in [-0.05, 0) is 18.1 Å². The zero-order valence-corrected chi connectivity index (χ0v) is 8.69.